The first-order chi connectivity index (χ1) is 9.04. The van der Waals surface area contributed by atoms with E-state index in [1.165, 1.54) is 4.90 Å². The molecule has 2 amide bonds. The minimum absolute atomic E-state index is 0.0105. The first-order valence-corrected chi connectivity index (χ1v) is 7.15. The van der Waals surface area contributed by atoms with Gasteiger partial charge in [-0.25, -0.2) is 0 Å². The highest BCUT2D eigenvalue weighted by atomic mass is 16.6. The molecule has 0 N–H and O–H groups in total. The highest BCUT2D eigenvalue weighted by molar-refractivity contribution is 6.06. The predicted molar refractivity (Wildman–Crippen MR) is 67.9 cm³/mol. The van der Waals surface area contributed by atoms with Crippen molar-refractivity contribution < 1.29 is 14.3 Å². The molecule has 2 heterocycles. The van der Waals surface area contributed by atoms with Crippen molar-refractivity contribution in [2.24, 2.45) is 29.1 Å². The lowest BCUT2D eigenvalue weighted by molar-refractivity contribution is -0.141. The van der Waals surface area contributed by atoms with Crippen LogP contribution in [-0.2, 0) is 14.3 Å². The first-order valence-electron chi connectivity index (χ1n) is 7.15. The van der Waals surface area contributed by atoms with Crippen molar-refractivity contribution in [3.05, 3.63) is 12.7 Å². The van der Waals surface area contributed by atoms with Crippen LogP contribution in [0.5, 0.6) is 0 Å². The van der Waals surface area contributed by atoms with Gasteiger partial charge in [0.1, 0.15) is 0 Å². The fourth-order valence-electron chi connectivity index (χ4n) is 5.14. The summed E-state index contributed by atoms with van der Waals surface area (Å²) in [6, 6.07) is 0. The zero-order valence-corrected chi connectivity index (χ0v) is 11.3. The molecular formula is C15H19NO3. The summed E-state index contributed by atoms with van der Waals surface area (Å²) >= 11 is 0. The molecule has 0 aromatic heterocycles. The third-order valence-electron chi connectivity index (χ3n) is 5.94. The van der Waals surface area contributed by atoms with Gasteiger partial charge in [-0.2, -0.15) is 0 Å². The second-order valence-corrected chi connectivity index (χ2v) is 6.74. The number of epoxide rings is 1. The Bertz CT molecular complexity index is 500. The van der Waals surface area contributed by atoms with E-state index in [1.807, 2.05) is 0 Å². The van der Waals surface area contributed by atoms with Gasteiger partial charge in [-0.1, -0.05) is 19.9 Å². The molecule has 0 aromatic carbocycles. The quantitative estimate of drug-likeness (QED) is 0.436. The lowest BCUT2D eigenvalue weighted by Crippen LogP contribution is -2.43. The van der Waals surface area contributed by atoms with Crippen LogP contribution in [0.3, 0.4) is 0 Å². The number of amides is 2. The molecule has 0 aromatic rings. The molecule has 4 heteroatoms. The summed E-state index contributed by atoms with van der Waals surface area (Å²) < 4.78 is 5.79. The number of likely N-dealkylation sites (tertiary alicyclic amines) is 1. The molecule has 0 radical (unpaired) electrons. The fourth-order valence-corrected chi connectivity index (χ4v) is 5.14. The van der Waals surface area contributed by atoms with E-state index in [9.17, 15) is 9.59 Å². The van der Waals surface area contributed by atoms with Crippen molar-refractivity contribution in [3.8, 4) is 0 Å². The van der Waals surface area contributed by atoms with Crippen LogP contribution in [0.2, 0.25) is 0 Å². The Kier molecular flexibility index (Phi) is 2.02. The van der Waals surface area contributed by atoms with E-state index in [0.29, 0.717) is 12.5 Å². The Labute approximate surface area is 112 Å². The summed E-state index contributed by atoms with van der Waals surface area (Å²) in [7, 11) is 0. The average Bonchev–Trinajstić information content (AvgIpc) is 2.95. The number of ether oxygens (including phenoxy) is 1. The van der Waals surface area contributed by atoms with E-state index in [4.69, 9.17) is 4.74 Å². The van der Waals surface area contributed by atoms with Gasteiger partial charge in [0.2, 0.25) is 11.8 Å². The molecule has 2 aliphatic carbocycles. The highest BCUT2D eigenvalue weighted by Crippen LogP contribution is 2.72. The van der Waals surface area contributed by atoms with Gasteiger partial charge in [0.05, 0.1) is 24.0 Å². The molecule has 2 saturated carbocycles. The molecule has 4 fully saturated rings. The molecule has 6 atom stereocenters. The standard InChI is InChI=1S/C15H19NO3/c1-4-5-16-13(17)9-8-6-15(7(2)3,10(9)14(16)18)12-11(8)19-12/h4,7-12H,1,5-6H2,2-3H3. The van der Waals surface area contributed by atoms with E-state index >= 15 is 0 Å². The third kappa shape index (κ3) is 1.07. The van der Waals surface area contributed by atoms with Gasteiger partial charge in [0, 0.05) is 17.9 Å². The van der Waals surface area contributed by atoms with Crippen molar-refractivity contribution in [3.63, 3.8) is 0 Å². The number of fused-ring (bicyclic) bond motifs is 8. The molecule has 2 saturated heterocycles. The molecule has 102 valence electrons. The van der Waals surface area contributed by atoms with E-state index in [1.54, 1.807) is 6.08 Å². The molecule has 4 nitrogen and oxygen atoms in total. The van der Waals surface area contributed by atoms with Gasteiger partial charge in [-0.3, -0.25) is 14.5 Å². The maximum atomic E-state index is 12.7. The van der Waals surface area contributed by atoms with Crippen LogP contribution in [0.4, 0.5) is 0 Å². The van der Waals surface area contributed by atoms with Crippen LogP contribution in [-0.4, -0.2) is 35.5 Å². The molecule has 2 bridgehead atoms. The molecule has 4 rings (SSSR count). The van der Waals surface area contributed by atoms with Crippen molar-refractivity contribution in [2.45, 2.75) is 32.5 Å². The molecule has 0 spiro atoms. The number of hydrogen-bond acceptors (Lipinski definition) is 3. The summed E-state index contributed by atoms with van der Waals surface area (Å²) in [5, 5.41) is 0. The van der Waals surface area contributed by atoms with Crippen LogP contribution >= 0.6 is 0 Å². The van der Waals surface area contributed by atoms with Gasteiger partial charge in [0.15, 0.2) is 0 Å². The Morgan fingerprint density at radius 1 is 1.47 bits per heavy atom. The zero-order chi connectivity index (χ0) is 13.5. The Morgan fingerprint density at radius 3 is 2.84 bits per heavy atom. The molecule has 4 aliphatic rings. The molecule has 6 unspecified atom stereocenters. The van der Waals surface area contributed by atoms with Crippen LogP contribution in [0.15, 0.2) is 12.7 Å². The van der Waals surface area contributed by atoms with Crippen LogP contribution in [0, 0.1) is 29.1 Å². The van der Waals surface area contributed by atoms with Crippen LogP contribution < -0.4 is 0 Å². The number of carbonyl (C=O) groups is 2. The zero-order valence-electron chi connectivity index (χ0n) is 11.3. The van der Waals surface area contributed by atoms with Gasteiger partial charge >= 0.3 is 0 Å². The normalized spacial score (nSPS) is 49.8. The second kappa shape index (κ2) is 3.29. The SMILES string of the molecule is C=CCN1C(=O)C2C3CC(C(C)C)(C4OC34)C2C1=O. The average molecular weight is 261 g/mol. The fraction of sp³-hybridized carbons (Fsp3) is 0.733. The van der Waals surface area contributed by atoms with E-state index in [2.05, 4.69) is 20.4 Å². The summed E-state index contributed by atoms with van der Waals surface area (Å²) in [6.07, 6.45) is 3.09. The molecule has 19 heavy (non-hydrogen) atoms. The topological polar surface area (TPSA) is 49.9 Å². The van der Waals surface area contributed by atoms with Gasteiger partial charge in [-0.05, 0) is 12.3 Å². The van der Waals surface area contributed by atoms with Gasteiger partial charge < -0.3 is 4.74 Å². The first kappa shape index (κ1) is 11.6. The largest absolute Gasteiger partial charge is 0.369 e. The van der Waals surface area contributed by atoms with Crippen LogP contribution in [0.1, 0.15) is 20.3 Å². The maximum absolute atomic E-state index is 12.7. The third-order valence-corrected chi connectivity index (χ3v) is 5.94. The number of carbonyl (C=O) groups excluding carboxylic acids is 2. The summed E-state index contributed by atoms with van der Waals surface area (Å²) in [5.41, 5.74) is -0.0946. The molecule has 2 aliphatic heterocycles. The Morgan fingerprint density at radius 2 is 2.21 bits per heavy atom. The van der Waals surface area contributed by atoms with Crippen molar-refractivity contribution in [1.29, 1.82) is 0 Å². The summed E-state index contributed by atoms with van der Waals surface area (Å²) in [4.78, 5) is 26.6. The predicted octanol–water partition coefficient (Wildman–Crippen LogP) is 1.22. The Balaban J connectivity index is 1.79. The second-order valence-electron chi connectivity index (χ2n) is 6.74. The summed E-state index contributed by atoms with van der Waals surface area (Å²) in [6.45, 7) is 8.32. The molecular weight excluding hydrogens is 242 g/mol. The van der Waals surface area contributed by atoms with E-state index in [0.717, 1.165) is 6.42 Å². The van der Waals surface area contributed by atoms with Gasteiger partial charge in [0.25, 0.3) is 0 Å². The monoisotopic (exact) mass is 261 g/mol. The van der Waals surface area contributed by atoms with Gasteiger partial charge in [-0.15, -0.1) is 6.58 Å². The lowest BCUT2D eigenvalue weighted by atomic mass is 9.65. The highest BCUT2D eigenvalue weighted by Gasteiger charge is 2.80. The summed E-state index contributed by atoms with van der Waals surface area (Å²) in [5.74, 6) is 0.398. The van der Waals surface area contributed by atoms with Crippen molar-refractivity contribution in [1.82, 2.24) is 4.90 Å². The number of rotatable bonds is 3. The number of imide groups is 1. The van der Waals surface area contributed by atoms with E-state index in [-0.39, 0.29) is 47.2 Å². The Hall–Kier alpha value is -1.16. The van der Waals surface area contributed by atoms with E-state index < -0.39 is 0 Å². The minimum Gasteiger partial charge on any atom is -0.369 e. The smallest absolute Gasteiger partial charge is 0.234 e. The maximum Gasteiger partial charge on any atom is 0.234 e. The van der Waals surface area contributed by atoms with Crippen LogP contribution in [0.25, 0.3) is 0 Å². The number of nitrogens with zero attached hydrogens (tertiary/aromatic N) is 1. The lowest BCUT2D eigenvalue weighted by Gasteiger charge is -2.36. The van der Waals surface area contributed by atoms with Crippen molar-refractivity contribution >= 4 is 11.8 Å². The number of hydrogen-bond donors (Lipinski definition) is 0. The van der Waals surface area contributed by atoms with Crippen molar-refractivity contribution in [2.75, 3.05) is 6.54 Å². The minimum atomic E-state index is -0.145.